The molecular weight excluding hydrogens is 313 g/mol. The van der Waals surface area contributed by atoms with E-state index in [2.05, 4.69) is 15.6 Å². The summed E-state index contributed by atoms with van der Waals surface area (Å²) in [5.74, 6) is -0.858. The molecule has 0 radical (unpaired) electrons. The van der Waals surface area contributed by atoms with Crippen LogP contribution in [-0.2, 0) is 4.79 Å². The summed E-state index contributed by atoms with van der Waals surface area (Å²) in [6.07, 6.45) is 0.787. The molecule has 2 unspecified atom stereocenters. The van der Waals surface area contributed by atoms with Crippen LogP contribution < -0.4 is 10.6 Å². The first-order chi connectivity index (χ1) is 11.5. The zero-order valence-corrected chi connectivity index (χ0v) is 13.4. The largest absolute Gasteiger partial charge is 0.440 e. The molecule has 1 aromatic carbocycles. The molecule has 0 bridgehead atoms. The van der Waals surface area contributed by atoms with Crippen LogP contribution in [0.25, 0.3) is 11.5 Å². The molecule has 7 heteroatoms. The third kappa shape index (κ3) is 3.02. The maximum Gasteiger partial charge on any atom is 0.274 e. The van der Waals surface area contributed by atoms with Crippen LogP contribution in [-0.4, -0.2) is 29.4 Å². The molecule has 0 aliphatic carbocycles. The maximum absolute atomic E-state index is 13.8. The van der Waals surface area contributed by atoms with Crippen molar-refractivity contribution in [3.63, 3.8) is 0 Å². The Labute approximate surface area is 138 Å². The summed E-state index contributed by atoms with van der Waals surface area (Å²) in [6.45, 7) is 4.09. The normalized spacial score (nSPS) is 20.5. The summed E-state index contributed by atoms with van der Waals surface area (Å²) in [5.41, 5.74) is 0.238. The Balaban J connectivity index is 1.83. The van der Waals surface area contributed by atoms with Gasteiger partial charge in [0.25, 0.3) is 5.91 Å². The SMILES string of the molecule is Cc1oc(-c2ccccc2F)nc1C(=O)NC1C(=O)NCCC1C. The zero-order chi connectivity index (χ0) is 17.3. The second kappa shape index (κ2) is 6.43. The van der Waals surface area contributed by atoms with E-state index >= 15 is 0 Å². The van der Waals surface area contributed by atoms with E-state index < -0.39 is 17.8 Å². The molecule has 1 saturated heterocycles. The Kier molecular flexibility index (Phi) is 4.33. The molecule has 6 nitrogen and oxygen atoms in total. The van der Waals surface area contributed by atoms with Gasteiger partial charge in [-0.3, -0.25) is 9.59 Å². The Morgan fingerprint density at radius 1 is 1.42 bits per heavy atom. The number of oxazole rings is 1. The molecule has 1 aliphatic heterocycles. The lowest BCUT2D eigenvalue weighted by Gasteiger charge is -2.28. The molecule has 1 fully saturated rings. The van der Waals surface area contributed by atoms with E-state index in [1.165, 1.54) is 12.1 Å². The van der Waals surface area contributed by atoms with Crippen LogP contribution in [0, 0.1) is 18.7 Å². The first kappa shape index (κ1) is 16.2. The van der Waals surface area contributed by atoms with Gasteiger partial charge >= 0.3 is 0 Å². The van der Waals surface area contributed by atoms with Gasteiger partial charge in [0.05, 0.1) is 5.56 Å². The fourth-order valence-corrected chi connectivity index (χ4v) is 2.73. The number of aromatic nitrogens is 1. The third-order valence-electron chi connectivity index (χ3n) is 4.15. The van der Waals surface area contributed by atoms with E-state index in [1.807, 2.05) is 6.92 Å². The average molecular weight is 331 g/mol. The molecule has 2 N–H and O–H groups in total. The highest BCUT2D eigenvalue weighted by Crippen LogP contribution is 2.24. The first-order valence-corrected chi connectivity index (χ1v) is 7.78. The number of carbonyl (C=O) groups excluding carboxylic acids is 2. The van der Waals surface area contributed by atoms with Gasteiger partial charge in [-0.25, -0.2) is 9.37 Å². The molecule has 126 valence electrons. The summed E-state index contributed by atoms with van der Waals surface area (Å²) in [7, 11) is 0. The van der Waals surface area contributed by atoms with Crippen molar-refractivity contribution >= 4 is 11.8 Å². The van der Waals surface area contributed by atoms with E-state index in [0.29, 0.717) is 6.54 Å². The molecule has 3 rings (SSSR count). The first-order valence-electron chi connectivity index (χ1n) is 7.78. The molecule has 2 atom stereocenters. The van der Waals surface area contributed by atoms with Crippen molar-refractivity contribution in [2.24, 2.45) is 5.92 Å². The number of carbonyl (C=O) groups is 2. The standard InChI is InChI=1S/C17H18FN3O3/c1-9-7-8-19-15(22)13(9)20-16(23)14-10(2)24-17(21-14)11-5-3-4-6-12(11)18/h3-6,9,13H,7-8H2,1-2H3,(H,19,22)(H,20,23). The number of halogens is 1. The average Bonchev–Trinajstić information content (AvgIpc) is 2.93. The quantitative estimate of drug-likeness (QED) is 0.901. The van der Waals surface area contributed by atoms with E-state index in [1.54, 1.807) is 19.1 Å². The van der Waals surface area contributed by atoms with E-state index in [-0.39, 0.29) is 34.7 Å². The van der Waals surface area contributed by atoms with Crippen molar-refractivity contribution in [2.75, 3.05) is 6.54 Å². The molecule has 2 amide bonds. The van der Waals surface area contributed by atoms with Crippen LogP contribution in [0.4, 0.5) is 4.39 Å². The van der Waals surface area contributed by atoms with E-state index in [9.17, 15) is 14.0 Å². The predicted octanol–water partition coefficient (Wildman–Crippen LogP) is 2.04. The van der Waals surface area contributed by atoms with Crippen LogP contribution in [0.1, 0.15) is 29.6 Å². The third-order valence-corrected chi connectivity index (χ3v) is 4.15. The lowest BCUT2D eigenvalue weighted by Crippen LogP contribution is -2.54. The van der Waals surface area contributed by atoms with Crippen molar-refractivity contribution in [1.82, 2.24) is 15.6 Å². The van der Waals surface area contributed by atoms with Crippen LogP contribution in [0.5, 0.6) is 0 Å². The second-order valence-electron chi connectivity index (χ2n) is 5.91. The van der Waals surface area contributed by atoms with Gasteiger partial charge in [-0.15, -0.1) is 0 Å². The summed E-state index contributed by atoms with van der Waals surface area (Å²) in [4.78, 5) is 28.5. The van der Waals surface area contributed by atoms with Gasteiger partial charge in [0.2, 0.25) is 11.8 Å². The summed E-state index contributed by atoms with van der Waals surface area (Å²) in [5, 5.41) is 5.41. The minimum Gasteiger partial charge on any atom is -0.440 e. The number of nitrogens with zero attached hydrogens (tertiary/aromatic N) is 1. The molecule has 0 saturated carbocycles. The summed E-state index contributed by atoms with van der Waals surface area (Å²) in [6, 6.07) is 5.43. The van der Waals surface area contributed by atoms with Crippen molar-refractivity contribution in [1.29, 1.82) is 0 Å². The molecule has 24 heavy (non-hydrogen) atoms. The maximum atomic E-state index is 13.8. The number of hydrogen-bond acceptors (Lipinski definition) is 4. The zero-order valence-electron chi connectivity index (χ0n) is 13.4. The van der Waals surface area contributed by atoms with Crippen molar-refractivity contribution in [2.45, 2.75) is 26.3 Å². The highest BCUT2D eigenvalue weighted by molar-refractivity contribution is 5.97. The number of nitrogens with one attached hydrogen (secondary N) is 2. The molecule has 0 spiro atoms. The molecule has 2 aromatic rings. The minimum absolute atomic E-state index is 0.0287. The lowest BCUT2D eigenvalue weighted by molar-refractivity contribution is -0.125. The van der Waals surface area contributed by atoms with Gasteiger partial charge in [0.15, 0.2) is 5.69 Å². The highest BCUT2D eigenvalue weighted by atomic mass is 19.1. The van der Waals surface area contributed by atoms with Gasteiger partial charge in [-0.1, -0.05) is 19.1 Å². The Morgan fingerprint density at radius 3 is 2.88 bits per heavy atom. The smallest absolute Gasteiger partial charge is 0.274 e. The molecule has 1 aliphatic rings. The molecule has 1 aromatic heterocycles. The van der Waals surface area contributed by atoms with Crippen molar-refractivity contribution in [3.05, 3.63) is 41.5 Å². The number of piperidine rings is 1. The fraction of sp³-hybridized carbons (Fsp3) is 0.353. The summed E-state index contributed by atoms with van der Waals surface area (Å²) >= 11 is 0. The second-order valence-corrected chi connectivity index (χ2v) is 5.91. The number of hydrogen-bond donors (Lipinski definition) is 2. The Hall–Kier alpha value is -2.70. The van der Waals surface area contributed by atoms with Gasteiger partial charge < -0.3 is 15.1 Å². The van der Waals surface area contributed by atoms with Crippen LogP contribution in [0.15, 0.2) is 28.7 Å². The monoisotopic (exact) mass is 331 g/mol. The number of aryl methyl sites for hydroxylation is 1. The molecular formula is C17H18FN3O3. The van der Waals surface area contributed by atoms with Crippen molar-refractivity contribution in [3.8, 4) is 11.5 Å². The molecule has 2 heterocycles. The predicted molar refractivity (Wildman–Crippen MR) is 84.7 cm³/mol. The van der Waals surface area contributed by atoms with Crippen LogP contribution >= 0.6 is 0 Å². The lowest BCUT2D eigenvalue weighted by atomic mass is 9.94. The number of benzene rings is 1. The van der Waals surface area contributed by atoms with Gasteiger partial charge in [0.1, 0.15) is 17.6 Å². The van der Waals surface area contributed by atoms with Gasteiger partial charge in [0, 0.05) is 6.54 Å². The number of rotatable bonds is 3. The van der Waals surface area contributed by atoms with Gasteiger partial charge in [-0.05, 0) is 31.4 Å². The fourth-order valence-electron chi connectivity index (χ4n) is 2.73. The van der Waals surface area contributed by atoms with E-state index in [0.717, 1.165) is 6.42 Å². The Morgan fingerprint density at radius 2 is 2.17 bits per heavy atom. The topological polar surface area (TPSA) is 84.2 Å². The minimum atomic E-state index is -0.612. The highest BCUT2D eigenvalue weighted by Gasteiger charge is 2.31. The van der Waals surface area contributed by atoms with E-state index in [4.69, 9.17) is 4.42 Å². The summed E-state index contributed by atoms with van der Waals surface area (Å²) < 4.78 is 19.3. The van der Waals surface area contributed by atoms with Crippen LogP contribution in [0.2, 0.25) is 0 Å². The van der Waals surface area contributed by atoms with Crippen LogP contribution in [0.3, 0.4) is 0 Å². The number of amides is 2. The van der Waals surface area contributed by atoms with Gasteiger partial charge in [-0.2, -0.15) is 0 Å². The Bertz CT molecular complexity index is 787. The van der Waals surface area contributed by atoms with Crippen molar-refractivity contribution < 1.29 is 18.4 Å².